The summed E-state index contributed by atoms with van der Waals surface area (Å²) in [4.78, 5) is 72.4. The molecular formula is C77H150O17P2. The van der Waals surface area contributed by atoms with Gasteiger partial charge in [0.05, 0.1) is 26.4 Å². The first-order valence-corrected chi connectivity index (χ1v) is 43.1. The fraction of sp³-hybridized carbons (Fsp3) is 0.948. The lowest BCUT2D eigenvalue weighted by Crippen LogP contribution is -2.30. The van der Waals surface area contributed by atoms with Crippen LogP contribution in [0.2, 0.25) is 0 Å². The molecule has 0 amide bonds. The Morgan fingerprint density at radius 3 is 0.708 bits per heavy atom. The zero-order valence-corrected chi connectivity index (χ0v) is 64.3. The van der Waals surface area contributed by atoms with Gasteiger partial charge in [0.2, 0.25) is 0 Å². The number of aliphatic hydroxyl groups excluding tert-OH is 1. The molecule has 5 atom stereocenters. The van der Waals surface area contributed by atoms with E-state index >= 15 is 0 Å². The Hall–Kier alpha value is -1.94. The number of phosphoric acid groups is 2. The molecule has 0 radical (unpaired) electrons. The third kappa shape index (κ3) is 70.5. The van der Waals surface area contributed by atoms with E-state index in [-0.39, 0.29) is 25.7 Å². The first-order chi connectivity index (χ1) is 46.5. The van der Waals surface area contributed by atoms with Crippen LogP contribution in [0, 0.1) is 5.92 Å². The summed E-state index contributed by atoms with van der Waals surface area (Å²) in [6.07, 6.45) is 60.7. The Labute approximate surface area is 588 Å². The number of hydrogen-bond acceptors (Lipinski definition) is 15. The zero-order valence-electron chi connectivity index (χ0n) is 62.5. The van der Waals surface area contributed by atoms with E-state index in [1.807, 2.05) is 0 Å². The number of carbonyl (C=O) groups is 4. The molecule has 0 saturated heterocycles. The molecule has 0 fully saturated rings. The molecule has 0 saturated carbocycles. The fourth-order valence-corrected chi connectivity index (χ4v) is 13.5. The average Bonchev–Trinajstić information content (AvgIpc) is 1.39. The third-order valence-corrected chi connectivity index (χ3v) is 19.9. The first-order valence-electron chi connectivity index (χ1n) is 40.1. The Morgan fingerprint density at radius 1 is 0.281 bits per heavy atom. The number of unbranched alkanes of at least 4 members (excludes halogenated alkanes) is 49. The van der Waals surface area contributed by atoms with E-state index < -0.39 is 97.5 Å². The second-order valence-corrected chi connectivity index (χ2v) is 31.1. The Bertz CT molecular complexity index is 1840. The van der Waals surface area contributed by atoms with Crippen LogP contribution >= 0.6 is 15.6 Å². The van der Waals surface area contributed by atoms with Crippen LogP contribution in [-0.4, -0.2) is 96.7 Å². The van der Waals surface area contributed by atoms with Gasteiger partial charge in [-0.2, -0.15) is 0 Å². The minimum absolute atomic E-state index is 0.102. The molecule has 0 rings (SSSR count). The Morgan fingerprint density at radius 2 is 0.479 bits per heavy atom. The SMILES string of the molecule is CCCCCCCCCCCCCCCCCCCCCCCCC(=O)O[C@H](COC(=O)CCCCCCCCCCCCCCCCCCCCCC)COP(=O)(O)OC[C@@H](O)COP(=O)(O)OC[C@@H](COC(=O)CCCCCCC)OC(=O)CCCCCCCCC(C)C. The van der Waals surface area contributed by atoms with Gasteiger partial charge in [-0.25, -0.2) is 9.13 Å². The Kier molecular flexibility index (Phi) is 68.7. The number of aliphatic hydroxyl groups is 1. The van der Waals surface area contributed by atoms with Gasteiger partial charge in [0.15, 0.2) is 12.2 Å². The second-order valence-electron chi connectivity index (χ2n) is 28.2. The van der Waals surface area contributed by atoms with Gasteiger partial charge >= 0.3 is 39.5 Å². The van der Waals surface area contributed by atoms with Crippen LogP contribution < -0.4 is 0 Å². The van der Waals surface area contributed by atoms with Crippen LogP contribution in [0.3, 0.4) is 0 Å². The maximum atomic E-state index is 13.1. The van der Waals surface area contributed by atoms with Gasteiger partial charge in [0.25, 0.3) is 0 Å². The lowest BCUT2D eigenvalue weighted by Gasteiger charge is -2.21. The summed E-state index contributed by atoms with van der Waals surface area (Å²) >= 11 is 0. The van der Waals surface area contributed by atoms with Crippen LogP contribution in [0.4, 0.5) is 0 Å². The minimum Gasteiger partial charge on any atom is -0.462 e. The fourth-order valence-electron chi connectivity index (χ4n) is 11.9. The van der Waals surface area contributed by atoms with Gasteiger partial charge in [-0.1, -0.05) is 356 Å². The van der Waals surface area contributed by atoms with Crippen LogP contribution in [0.5, 0.6) is 0 Å². The summed E-state index contributed by atoms with van der Waals surface area (Å²) < 4.78 is 68.2. The van der Waals surface area contributed by atoms with Gasteiger partial charge < -0.3 is 33.8 Å². The van der Waals surface area contributed by atoms with Crippen molar-refractivity contribution in [1.29, 1.82) is 0 Å². The summed E-state index contributed by atoms with van der Waals surface area (Å²) in [5, 5.41) is 10.6. The van der Waals surface area contributed by atoms with E-state index in [9.17, 15) is 43.2 Å². The van der Waals surface area contributed by atoms with Gasteiger partial charge in [0.1, 0.15) is 19.3 Å². The second kappa shape index (κ2) is 70.1. The molecule has 0 aromatic carbocycles. The Balaban J connectivity index is 5.07. The van der Waals surface area contributed by atoms with E-state index in [4.69, 9.17) is 37.0 Å². The highest BCUT2D eigenvalue weighted by atomic mass is 31.2. The van der Waals surface area contributed by atoms with E-state index in [0.29, 0.717) is 31.6 Å². The van der Waals surface area contributed by atoms with Crippen LogP contribution in [0.25, 0.3) is 0 Å². The van der Waals surface area contributed by atoms with Gasteiger partial charge in [-0.15, -0.1) is 0 Å². The standard InChI is InChI=1S/C77H150O17P2/c1-6-9-12-15-17-19-21-23-25-27-29-31-32-34-36-38-40-42-44-46-52-57-62-76(81)93-73(67-88-75(80)61-56-51-45-43-41-39-37-35-33-30-28-26-24-22-20-18-16-13-10-7-2)69-92-96(85,86)90-65-71(78)64-89-95(83,84)91-68-72(66-87-74(79)60-55-49-14-11-8-3)94-77(82)63-58-53-48-47-50-54-59-70(4)5/h70-73,78H,6-69H2,1-5H3,(H,83,84)(H,85,86)/t71-,72+,73+/m0/s1. The maximum Gasteiger partial charge on any atom is 0.472 e. The largest absolute Gasteiger partial charge is 0.472 e. The van der Waals surface area contributed by atoms with Crippen LogP contribution in [0.15, 0.2) is 0 Å². The lowest BCUT2D eigenvalue weighted by molar-refractivity contribution is -0.161. The molecule has 0 aromatic rings. The monoisotopic (exact) mass is 1410 g/mol. The molecular weight excluding hydrogens is 1260 g/mol. The lowest BCUT2D eigenvalue weighted by atomic mass is 10.0. The molecule has 0 aliphatic rings. The molecule has 2 unspecified atom stereocenters. The third-order valence-electron chi connectivity index (χ3n) is 18.0. The molecule has 19 heteroatoms. The zero-order chi connectivity index (χ0) is 70.5. The van der Waals surface area contributed by atoms with Gasteiger partial charge in [0, 0.05) is 25.7 Å². The summed E-state index contributed by atoms with van der Waals surface area (Å²) in [5.74, 6) is -1.46. The molecule has 0 aliphatic carbocycles. The number of carbonyl (C=O) groups excluding carboxylic acids is 4. The number of rotatable bonds is 77. The smallest absolute Gasteiger partial charge is 0.462 e. The van der Waals surface area contributed by atoms with E-state index in [2.05, 4.69) is 34.6 Å². The number of hydrogen-bond donors (Lipinski definition) is 3. The maximum absolute atomic E-state index is 13.1. The van der Waals surface area contributed by atoms with Crippen molar-refractivity contribution in [1.82, 2.24) is 0 Å². The van der Waals surface area contributed by atoms with Crippen LogP contribution in [-0.2, 0) is 65.4 Å². The molecule has 570 valence electrons. The van der Waals surface area contributed by atoms with Gasteiger partial charge in [-0.05, 0) is 31.6 Å². The molecule has 0 bridgehead atoms. The van der Waals surface area contributed by atoms with E-state index in [1.165, 1.54) is 225 Å². The molecule has 0 heterocycles. The number of esters is 4. The number of phosphoric ester groups is 2. The topological polar surface area (TPSA) is 237 Å². The molecule has 0 aliphatic heterocycles. The van der Waals surface area contributed by atoms with Crippen molar-refractivity contribution >= 4 is 39.5 Å². The quantitative estimate of drug-likeness (QED) is 0.0222. The number of ether oxygens (including phenoxy) is 4. The normalized spacial score (nSPS) is 13.9. The summed E-state index contributed by atoms with van der Waals surface area (Å²) in [6, 6.07) is 0. The predicted molar refractivity (Wildman–Crippen MR) is 391 cm³/mol. The molecule has 96 heavy (non-hydrogen) atoms. The summed E-state index contributed by atoms with van der Waals surface area (Å²) in [6.45, 7) is 7.10. The predicted octanol–water partition coefficient (Wildman–Crippen LogP) is 22.9. The summed E-state index contributed by atoms with van der Waals surface area (Å²) in [7, 11) is -9.90. The van der Waals surface area contributed by atoms with Crippen molar-refractivity contribution in [2.24, 2.45) is 5.92 Å². The summed E-state index contributed by atoms with van der Waals surface area (Å²) in [5.41, 5.74) is 0. The van der Waals surface area contributed by atoms with E-state index in [1.54, 1.807) is 0 Å². The van der Waals surface area contributed by atoms with Crippen molar-refractivity contribution < 1.29 is 80.2 Å². The molecule has 0 spiro atoms. The average molecular weight is 1410 g/mol. The van der Waals surface area contributed by atoms with Crippen molar-refractivity contribution in [3.63, 3.8) is 0 Å². The molecule has 17 nitrogen and oxygen atoms in total. The van der Waals surface area contributed by atoms with Crippen molar-refractivity contribution in [3.8, 4) is 0 Å². The highest BCUT2D eigenvalue weighted by Crippen LogP contribution is 2.45. The molecule has 0 aromatic heterocycles. The van der Waals surface area contributed by atoms with Gasteiger partial charge in [-0.3, -0.25) is 37.3 Å². The highest BCUT2D eigenvalue weighted by Gasteiger charge is 2.30. The highest BCUT2D eigenvalue weighted by molar-refractivity contribution is 7.47. The van der Waals surface area contributed by atoms with E-state index in [0.717, 1.165) is 96.3 Å². The first kappa shape index (κ1) is 94.1. The van der Waals surface area contributed by atoms with Crippen molar-refractivity contribution in [2.75, 3.05) is 39.6 Å². The molecule has 3 N–H and O–H groups in total. The minimum atomic E-state index is -4.96. The van der Waals surface area contributed by atoms with Crippen LogP contribution in [0.1, 0.15) is 407 Å². The van der Waals surface area contributed by atoms with Crippen molar-refractivity contribution in [3.05, 3.63) is 0 Å². The van der Waals surface area contributed by atoms with Crippen molar-refractivity contribution in [2.45, 2.75) is 425 Å².